The molecule has 0 fully saturated rings. The molecule has 27 heavy (non-hydrogen) atoms. The number of hydrogen-bond acceptors (Lipinski definition) is 2. The average molecular weight is 373 g/mol. The van der Waals surface area contributed by atoms with Gasteiger partial charge in [-0.1, -0.05) is 84.4 Å². The first kappa shape index (κ1) is 17.3. The van der Waals surface area contributed by atoms with Gasteiger partial charge in [-0.15, -0.1) is 0 Å². The zero-order valence-electron chi connectivity index (χ0n) is 14.5. The molecule has 1 aromatic heterocycles. The summed E-state index contributed by atoms with van der Waals surface area (Å²) in [7, 11) is 0. The highest BCUT2D eigenvalue weighted by Gasteiger charge is 2.19. The molecule has 1 heterocycles. The Morgan fingerprint density at radius 1 is 0.704 bits per heavy atom. The lowest BCUT2D eigenvalue weighted by Crippen LogP contribution is -2.28. The van der Waals surface area contributed by atoms with Crippen molar-refractivity contribution in [1.29, 1.82) is 0 Å². The number of nitrogens with zero attached hydrogens (tertiary/aromatic N) is 2. The van der Waals surface area contributed by atoms with Crippen molar-refractivity contribution in [3.63, 3.8) is 0 Å². The zero-order chi connectivity index (χ0) is 18.6. The molecule has 4 aromatic rings. The maximum atomic E-state index is 12.7. The second-order valence-corrected chi connectivity index (χ2v) is 6.67. The second-order valence-electron chi connectivity index (χ2n) is 6.23. The van der Waals surface area contributed by atoms with Crippen molar-refractivity contribution in [2.75, 3.05) is 0 Å². The van der Waals surface area contributed by atoms with E-state index < -0.39 is 0 Å². The van der Waals surface area contributed by atoms with E-state index in [1.807, 2.05) is 84.9 Å². The smallest absolute Gasteiger partial charge is 0.267 e. The minimum atomic E-state index is -0.299. The van der Waals surface area contributed by atoms with Crippen molar-refractivity contribution in [2.24, 2.45) is 0 Å². The van der Waals surface area contributed by atoms with Crippen molar-refractivity contribution in [3.8, 4) is 11.3 Å². The monoisotopic (exact) mass is 372 g/mol. The molecule has 0 saturated carbocycles. The van der Waals surface area contributed by atoms with Gasteiger partial charge in [0, 0.05) is 16.7 Å². The summed E-state index contributed by atoms with van der Waals surface area (Å²) >= 11 is 5.99. The summed E-state index contributed by atoms with van der Waals surface area (Å²) in [4.78, 5) is 12.7. The van der Waals surface area contributed by atoms with Crippen molar-refractivity contribution in [2.45, 2.75) is 6.04 Å². The van der Waals surface area contributed by atoms with Crippen LogP contribution in [-0.2, 0) is 0 Å². The van der Waals surface area contributed by atoms with Gasteiger partial charge in [-0.05, 0) is 29.3 Å². The molecular formula is C23H17ClN2O. The molecule has 3 nitrogen and oxygen atoms in total. The molecule has 0 aliphatic rings. The predicted octanol–water partition coefficient (Wildman–Crippen LogP) is 5.20. The SMILES string of the molecule is O=c1ccc(-c2ccc(Cl)cc2)nn1C(c1ccccc1)c1ccccc1. The fourth-order valence-electron chi connectivity index (χ4n) is 3.13. The van der Waals surface area contributed by atoms with E-state index in [9.17, 15) is 4.79 Å². The van der Waals surface area contributed by atoms with E-state index in [0.717, 1.165) is 22.4 Å². The van der Waals surface area contributed by atoms with Crippen LogP contribution < -0.4 is 5.56 Å². The van der Waals surface area contributed by atoms with Crippen molar-refractivity contribution in [1.82, 2.24) is 9.78 Å². The highest BCUT2D eigenvalue weighted by Crippen LogP contribution is 2.26. The molecule has 132 valence electrons. The van der Waals surface area contributed by atoms with Crippen molar-refractivity contribution in [3.05, 3.63) is 124 Å². The summed E-state index contributed by atoms with van der Waals surface area (Å²) < 4.78 is 1.55. The third-order valence-corrected chi connectivity index (χ3v) is 4.69. The maximum absolute atomic E-state index is 12.7. The van der Waals surface area contributed by atoms with Gasteiger partial charge in [0.15, 0.2) is 0 Å². The van der Waals surface area contributed by atoms with Crippen LogP contribution in [0.4, 0.5) is 0 Å². The number of halogens is 1. The second kappa shape index (κ2) is 7.60. The van der Waals surface area contributed by atoms with Crippen LogP contribution >= 0.6 is 11.6 Å². The van der Waals surface area contributed by atoms with Gasteiger partial charge in [0.2, 0.25) is 0 Å². The Kier molecular flexibility index (Phi) is 4.86. The average Bonchev–Trinajstić information content (AvgIpc) is 2.72. The first-order chi connectivity index (χ1) is 13.2. The van der Waals surface area contributed by atoms with Crippen LogP contribution in [0.1, 0.15) is 17.2 Å². The van der Waals surface area contributed by atoms with Crippen LogP contribution in [0, 0.1) is 0 Å². The molecule has 0 aliphatic carbocycles. The summed E-state index contributed by atoms with van der Waals surface area (Å²) in [5.74, 6) is 0. The molecular weight excluding hydrogens is 356 g/mol. The summed E-state index contributed by atoms with van der Waals surface area (Å²) in [5.41, 5.74) is 3.50. The highest BCUT2D eigenvalue weighted by atomic mass is 35.5. The molecule has 0 saturated heterocycles. The Balaban J connectivity index is 1.89. The van der Waals surface area contributed by atoms with E-state index >= 15 is 0 Å². The van der Waals surface area contributed by atoms with E-state index in [1.165, 1.54) is 0 Å². The predicted molar refractivity (Wildman–Crippen MR) is 109 cm³/mol. The first-order valence-electron chi connectivity index (χ1n) is 8.68. The Morgan fingerprint density at radius 2 is 1.26 bits per heavy atom. The van der Waals surface area contributed by atoms with Crippen LogP contribution in [0.3, 0.4) is 0 Å². The molecule has 0 radical (unpaired) electrons. The molecule has 0 N–H and O–H groups in total. The minimum Gasteiger partial charge on any atom is -0.268 e. The number of rotatable bonds is 4. The van der Waals surface area contributed by atoms with Gasteiger partial charge < -0.3 is 0 Å². The lowest BCUT2D eigenvalue weighted by Gasteiger charge is -2.20. The van der Waals surface area contributed by atoms with Gasteiger partial charge in [-0.25, -0.2) is 4.68 Å². The normalized spacial score (nSPS) is 10.9. The van der Waals surface area contributed by atoms with Gasteiger partial charge in [0.1, 0.15) is 6.04 Å². The first-order valence-corrected chi connectivity index (χ1v) is 9.06. The topological polar surface area (TPSA) is 34.9 Å². The van der Waals surface area contributed by atoms with E-state index in [1.54, 1.807) is 16.8 Å². The summed E-state index contributed by atoms with van der Waals surface area (Å²) in [6.07, 6.45) is 0. The summed E-state index contributed by atoms with van der Waals surface area (Å²) in [6.45, 7) is 0. The standard InChI is InChI=1S/C23H17ClN2O/c24-20-13-11-17(12-14-20)21-15-16-22(27)26(25-21)23(18-7-3-1-4-8-18)19-9-5-2-6-10-19/h1-16,23H. The molecule has 0 spiro atoms. The van der Waals surface area contributed by atoms with Crippen LogP contribution in [0.5, 0.6) is 0 Å². The molecule has 0 atom stereocenters. The Hall–Kier alpha value is -3.17. The van der Waals surface area contributed by atoms with Crippen LogP contribution in [-0.4, -0.2) is 9.78 Å². The molecule has 0 aliphatic heterocycles. The molecule has 0 amide bonds. The zero-order valence-corrected chi connectivity index (χ0v) is 15.3. The molecule has 0 bridgehead atoms. The van der Waals surface area contributed by atoms with E-state index in [0.29, 0.717) is 5.02 Å². The number of benzene rings is 3. The molecule has 4 heteroatoms. The van der Waals surface area contributed by atoms with Crippen molar-refractivity contribution >= 4 is 11.6 Å². The van der Waals surface area contributed by atoms with Gasteiger partial charge in [0.05, 0.1) is 5.69 Å². The maximum Gasteiger partial charge on any atom is 0.267 e. The summed E-state index contributed by atoms with van der Waals surface area (Å²) in [6, 6.07) is 30.3. The van der Waals surface area contributed by atoms with Crippen LogP contribution in [0.15, 0.2) is 102 Å². The summed E-state index contributed by atoms with van der Waals surface area (Å²) in [5, 5.41) is 5.35. The van der Waals surface area contributed by atoms with Gasteiger partial charge in [0.25, 0.3) is 5.56 Å². The van der Waals surface area contributed by atoms with E-state index in [4.69, 9.17) is 11.6 Å². The van der Waals surface area contributed by atoms with Crippen molar-refractivity contribution < 1.29 is 0 Å². The fraction of sp³-hybridized carbons (Fsp3) is 0.0435. The third-order valence-electron chi connectivity index (χ3n) is 4.44. The quantitative estimate of drug-likeness (QED) is 0.493. The minimum absolute atomic E-state index is 0.148. The lowest BCUT2D eigenvalue weighted by molar-refractivity contribution is 0.562. The number of aromatic nitrogens is 2. The molecule has 4 rings (SSSR count). The number of hydrogen-bond donors (Lipinski definition) is 0. The Bertz CT molecular complexity index is 1050. The largest absolute Gasteiger partial charge is 0.268 e. The Labute approximate surface area is 162 Å². The van der Waals surface area contributed by atoms with E-state index in [-0.39, 0.29) is 11.6 Å². The van der Waals surface area contributed by atoms with Crippen LogP contribution in [0.25, 0.3) is 11.3 Å². The third kappa shape index (κ3) is 3.69. The fourth-order valence-corrected chi connectivity index (χ4v) is 3.26. The highest BCUT2D eigenvalue weighted by molar-refractivity contribution is 6.30. The van der Waals surface area contributed by atoms with Gasteiger partial charge in [-0.2, -0.15) is 5.10 Å². The molecule has 0 unspecified atom stereocenters. The van der Waals surface area contributed by atoms with Crippen LogP contribution in [0.2, 0.25) is 5.02 Å². The Morgan fingerprint density at radius 3 is 1.81 bits per heavy atom. The van der Waals surface area contributed by atoms with Gasteiger partial charge in [-0.3, -0.25) is 4.79 Å². The molecule has 3 aromatic carbocycles. The van der Waals surface area contributed by atoms with E-state index in [2.05, 4.69) is 5.10 Å². The van der Waals surface area contributed by atoms with Gasteiger partial charge >= 0.3 is 0 Å². The lowest BCUT2D eigenvalue weighted by atomic mass is 9.99.